The van der Waals surface area contributed by atoms with Crippen LogP contribution >= 0.6 is 27.7 Å². The molecular formula is C13H14BrN3O2S. The molecule has 1 heterocycles. The summed E-state index contributed by atoms with van der Waals surface area (Å²) in [7, 11) is 0. The van der Waals surface area contributed by atoms with Gasteiger partial charge in [0.1, 0.15) is 0 Å². The second kappa shape index (κ2) is 6.90. The maximum Gasteiger partial charge on any atom is 0.277 e. The van der Waals surface area contributed by atoms with Gasteiger partial charge in [0.15, 0.2) is 0 Å². The summed E-state index contributed by atoms with van der Waals surface area (Å²) in [6.45, 7) is 3.95. The summed E-state index contributed by atoms with van der Waals surface area (Å²) < 4.78 is 6.39. The molecule has 0 radical (unpaired) electrons. The molecule has 0 aliphatic rings. The summed E-state index contributed by atoms with van der Waals surface area (Å²) in [5.41, 5.74) is 0.757. The molecular weight excluding hydrogens is 342 g/mol. The highest BCUT2D eigenvalue weighted by atomic mass is 79.9. The SMILES string of the molecule is CC(C)c1nnc(SCC(=O)Nc2ccc(Br)cc2)o1. The van der Waals surface area contributed by atoms with E-state index in [4.69, 9.17) is 4.42 Å². The third-order valence-corrected chi connectivity index (χ3v) is 3.72. The van der Waals surface area contributed by atoms with Crippen molar-refractivity contribution in [3.8, 4) is 0 Å². The van der Waals surface area contributed by atoms with Gasteiger partial charge in [-0.1, -0.05) is 41.5 Å². The Bertz CT molecular complexity index is 584. The first-order valence-corrected chi connectivity index (χ1v) is 7.84. The molecule has 2 aromatic rings. The summed E-state index contributed by atoms with van der Waals surface area (Å²) in [5, 5.41) is 11.0. The van der Waals surface area contributed by atoms with E-state index in [0.717, 1.165) is 10.2 Å². The van der Waals surface area contributed by atoms with Gasteiger partial charge in [0.25, 0.3) is 5.22 Å². The minimum Gasteiger partial charge on any atom is -0.416 e. The molecule has 1 amide bonds. The van der Waals surface area contributed by atoms with E-state index in [-0.39, 0.29) is 17.6 Å². The number of hydrogen-bond donors (Lipinski definition) is 1. The number of rotatable bonds is 5. The van der Waals surface area contributed by atoms with E-state index in [9.17, 15) is 4.79 Å². The van der Waals surface area contributed by atoms with E-state index in [1.807, 2.05) is 38.1 Å². The second-order valence-electron chi connectivity index (χ2n) is 4.40. The fourth-order valence-corrected chi connectivity index (χ4v) is 2.20. The molecule has 1 aromatic carbocycles. The van der Waals surface area contributed by atoms with E-state index in [1.54, 1.807) is 0 Å². The average Bonchev–Trinajstić information content (AvgIpc) is 2.88. The van der Waals surface area contributed by atoms with Crippen LogP contribution in [0.3, 0.4) is 0 Å². The average molecular weight is 356 g/mol. The Balaban J connectivity index is 1.84. The number of nitrogens with zero attached hydrogens (tertiary/aromatic N) is 2. The van der Waals surface area contributed by atoms with Crippen molar-refractivity contribution in [2.75, 3.05) is 11.1 Å². The lowest BCUT2D eigenvalue weighted by Gasteiger charge is -2.03. The zero-order valence-corrected chi connectivity index (χ0v) is 13.5. The molecule has 0 saturated heterocycles. The Labute approximate surface area is 129 Å². The van der Waals surface area contributed by atoms with Crippen molar-refractivity contribution in [1.82, 2.24) is 10.2 Å². The minimum absolute atomic E-state index is 0.110. The fraction of sp³-hybridized carbons (Fsp3) is 0.308. The molecule has 1 aromatic heterocycles. The third-order valence-electron chi connectivity index (χ3n) is 2.37. The number of nitrogens with one attached hydrogen (secondary N) is 1. The lowest BCUT2D eigenvalue weighted by Crippen LogP contribution is -2.13. The molecule has 20 heavy (non-hydrogen) atoms. The normalized spacial score (nSPS) is 10.8. The molecule has 2 rings (SSSR count). The first-order chi connectivity index (χ1) is 9.54. The first-order valence-electron chi connectivity index (χ1n) is 6.06. The van der Waals surface area contributed by atoms with E-state index in [0.29, 0.717) is 11.1 Å². The predicted molar refractivity (Wildman–Crippen MR) is 81.9 cm³/mol. The fourth-order valence-electron chi connectivity index (χ4n) is 1.37. The smallest absolute Gasteiger partial charge is 0.277 e. The van der Waals surface area contributed by atoms with Crippen molar-refractivity contribution in [3.63, 3.8) is 0 Å². The molecule has 0 bridgehead atoms. The van der Waals surface area contributed by atoms with Gasteiger partial charge in [-0.25, -0.2) is 0 Å². The first kappa shape index (κ1) is 15.1. The number of benzene rings is 1. The minimum atomic E-state index is -0.110. The Morgan fingerprint density at radius 2 is 2.05 bits per heavy atom. The molecule has 7 heteroatoms. The van der Waals surface area contributed by atoms with Crippen LogP contribution in [0.25, 0.3) is 0 Å². The van der Waals surface area contributed by atoms with Crippen molar-refractivity contribution < 1.29 is 9.21 Å². The number of carbonyl (C=O) groups excluding carboxylic acids is 1. The highest BCUT2D eigenvalue weighted by Crippen LogP contribution is 2.20. The second-order valence-corrected chi connectivity index (χ2v) is 6.25. The quantitative estimate of drug-likeness (QED) is 0.828. The van der Waals surface area contributed by atoms with E-state index in [1.165, 1.54) is 11.8 Å². The highest BCUT2D eigenvalue weighted by molar-refractivity contribution is 9.10. The predicted octanol–water partition coefficient (Wildman–Crippen LogP) is 3.69. The number of anilines is 1. The molecule has 0 aliphatic carbocycles. The standard InChI is InChI=1S/C13H14BrN3O2S/c1-8(2)12-16-17-13(19-12)20-7-11(18)15-10-5-3-9(14)4-6-10/h3-6,8H,7H2,1-2H3,(H,15,18). The highest BCUT2D eigenvalue weighted by Gasteiger charge is 2.11. The third kappa shape index (κ3) is 4.35. The van der Waals surface area contributed by atoms with Crippen molar-refractivity contribution in [2.24, 2.45) is 0 Å². The van der Waals surface area contributed by atoms with Crippen LogP contribution in [0, 0.1) is 0 Å². The topological polar surface area (TPSA) is 68.0 Å². The molecule has 0 atom stereocenters. The van der Waals surface area contributed by atoms with E-state index < -0.39 is 0 Å². The lowest BCUT2D eigenvalue weighted by atomic mass is 10.2. The van der Waals surface area contributed by atoms with Gasteiger partial charge in [-0.3, -0.25) is 4.79 Å². The monoisotopic (exact) mass is 355 g/mol. The van der Waals surface area contributed by atoms with Gasteiger partial charge in [0.2, 0.25) is 11.8 Å². The maximum atomic E-state index is 11.8. The van der Waals surface area contributed by atoms with Gasteiger partial charge < -0.3 is 9.73 Å². The Morgan fingerprint density at radius 1 is 1.35 bits per heavy atom. The van der Waals surface area contributed by atoms with Crippen LogP contribution < -0.4 is 5.32 Å². The Hall–Kier alpha value is -1.34. The number of hydrogen-bond acceptors (Lipinski definition) is 5. The van der Waals surface area contributed by atoms with Gasteiger partial charge in [-0.2, -0.15) is 0 Å². The molecule has 5 nitrogen and oxygen atoms in total. The van der Waals surface area contributed by atoms with Crippen molar-refractivity contribution >= 4 is 39.3 Å². The molecule has 0 unspecified atom stereocenters. The van der Waals surface area contributed by atoms with Crippen molar-refractivity contribution in [1.29, 1.82) is 0 Å². The lowest BCUT2D eigenvalue weighted by molar-refractivity contribution is -0.113. The van der Waals surface area contributed by atoms with E-state index in [2.05, 4.69) is 31.4 Å². The van der Waals surface area contributed by atoms with Gasteiger partial charge in [0, 0.05) is 16.1 Å². The number of carbonyl (C=O) groups is 1. The number of halogens is 1. The Kier molecular flexibility index (Phi) is 5.19. The van der Waals surface area contributed by atoms with Gasteiger partial charge >= 0.3 is 0 Å². The van der Waals surface area contributed by atoms with Crippen molar-refractivity contribution in [2.45, 2.75) is 25.0 Å². The van der Waals surface area contributed by atoms with Crippen LogP contribution in [-0.2, 0) is 4.79 Å². The van der Waals surface area contributed by atoms with Crippen LogP contribution in [-0.4, -0.2) is 21.9 Å². The maximum absolute atomic E-state index is 11.8. The largest absolute Gasteiger partial charge is 0.416 e. The molecule has 0 spiro atoms. The summed E-state index contributed by atoms with van der Waals surface area (Å²) in [6.07, 6.45) is 0. The summed E-state index contributed by atoms with van der Waals surface area (Å²) in [5.74, 6) is 0.895. The van der Waals surface area contributed by atoms with Crippen LogP contribution in [0.1, 0.15) is 25.7 Å². The summed E-state index contributed by atoms with van der Waals surface area (Å²) >= 11 is 4.57. The molecule has 1 N–H and O–H groups in total. The molecule has 0 aliphatic heterocycles. The molecule has 106 valence electrons. The number of thioether (sulfide) groups is 1. The van der Waals surface area contributed by atoms with Gasteiger partial charge in [-0.05, 0) is 24.3 Å². The Morgan fingerprint density at radius 3 is 2.65 bits per heavy atom. The van der Waals surface area contributed by atoms with E-state index >= 15 is 0 Å². The van der Waals surface area contributed by atoms with Crippen molar-refractivity contribution in [3.05, 3.63) is 34.6 Å². The van der Waals surface area contributed by atoms with Crippen LogP contribution in [0.5, 0.6) is 0 Å². The summed E-state index contributed by atoms with van der Waals surface area (Å²) in [4.78, 5) is 11.8. The zero-order chi connectivity index (χ0) is 14.5. The zero-order valence-electron chi connectivity index (χ0n) is 11.1. The van der Waals surface area contributed by atoms with Gasteiger partial charge in [0.05, 0.1) is 5.75 Å². The van der Waals surface area contributed by atoms with Gasteiger partial charge in [-0.15, -0.1) is 10.2 Å². The number of aromatic nitrogens is 2. The molecule has 0 fully saturated rings. The van der Waals surface area contributed by atoms with Crippen LogP contribution in [0.2, 0.25) is 0 Å². The molecule has 0 saturated carbocycles. The van der Waals surface area contributed by atoms with Crippen LogP contribution in [0.15, 0.2) is 38.4 Å². The van der Waals surface area contributed by atoms with Crippen LogP contribution in [0.4, 0.5) is 5.69 Å². The number of amides is 1. The summed E-state index contributed by atoms with van der Waals surface area (Å²) in [6, 6.07) is 7.40.